The maximum atomic E-state index is 12.7. The normalized spacial score (nSPS) is 13.7. The Hall–Kier alpha value is -1.93. The second-order valence-electron chi connectivity index (χ2n) is 5.80. The van der Waals surface area contributed by atoms with Gasteiger partial charge in [0.05, 0.1) is 24.5 Å². The number of rotatable bonds is 10. The van der Waals surface area contributed by atoms with Crippen molar-refractivity contribution in [2.45, 2.75) is 57.5 Å². The second-order valence-corrected chi connectivity index (χ2v) is 7.34. The van der Waals surface area contributed by atoms with Gasteiger partial charge in [-0.1, -0.05) is 31.0 Å². The quantitative estimate of drug-likeness (QED) is 0.450. The average Bonchev–Trinajstić information content (AvgIpc) is 2.55. The summed E-state index contributed by atoms with van der Waals surface area (Å²) >= 11 is 0. The monoisotopic (exact) mass is 386 g/mol. The van der Waals surface area contributed by atoms with Crippen molar-refractivity contribution in [1.82, 2.24) is 0 Å². The molecule has 1 aromatic rings. The number of hydrogen-bond acceptors (Lipinski definition) is 7. The van der Waals surface area contributed by atoms with E-state index in [1.165, 1.54) is 12.1 Å². The molecule has 1 rings (SSSR count). The molecule has 7 nitrogen and oxygen atoms in total. The minimum absolute atomic E-state index is 0.00423. The largest absolute Gasteiger partial charge is 0.466 e. The molecule has 0 saturated heterocycles. The fourth-order valence-corrected chi connectivity index (χ4v) is 3.64. The van der Waals surface area contributed by atoms with Crippen LogP contribution in [0.15, 0.2) is 29.2 Å². The van der Waals surface area contributed by atoms with Gasteiger partial charge in [0, 0.05) is 0 Å². The van der Waals surface area contributed by atoms with Crippen LogP contribution in [0.25, 0.3) is 0 Å². The van der Waals surface area contributed by atoms with Crippen LogP contribution in [-0.2, 0) is 33.4 Å². The molecular formula is C18H26O7S. The van der Waals surface area contributed by atoms with E-state index in [0.29, 0.717) is 6.42 Å². The number of carbonyl (C=O) groups is 2. The number of aryl methyl sites for hydroxylation is 1. The van der Waals surface area contributed by atoms with Crippen LogP contribution in [0.3, 0.4) is 0 Å². The van der Waals surface area contributed by atoms with Crippen molar-refractivity contribution in [3.05, 3.63) is 29.8 Å². The Kier molecular flexibility index (Phi) is 8.23. The van der Waals surface area contributed by atoms with Crippen molar-refractivity contribution in [1.29, 1.82) is 0 Å². The smallest absolute Gasteiger partial charge is 0.340 e. The number of hydrogen-bond donors (Lipinski definition) is 0. The Morgan fingerprint density at radius 3 is 2.08 bits per heavy atom. The van der Waals surface area contributed by atoms with Crippen molar-refractivity contribution in [3.63, 3.8) is 0 Å². The fraction of sp³-hybridized carbons (Fsp3) is 0.556. The van der Waals surface area contributed by atoms with E-state index in [9.17, 15) is 18.0 Å². The van der Waals surface area contributed by atoms with Gasteiger partial charge in [0.2, 0.25) is 0 Å². The van der Waals surface area contributed by atoms with Crippen molar-refractivity contribution in [3.8, 4) is 0 Å². The van der Waals surface area contributed by atoms with Crippen molar-refractivity contribution in [2.75, 3.05) is 13.2 Å². The van der Waals surface area contributed by atoms with Gasteiger partial charge in [-0.15, -0.1) is 0 Å². The second kappa shape index (κ2) is 9.68. The van der Waals surface area contributed by atoms with Crippen LogP contribution in [0.4, 0.5) is 0 Å². The lowest BCUT2D eigenvalue weighted by Gasteiger charge is -2.29. The highest BCUT2D eigenvalue weighted by Gasteiger charge is 2.47. The number of ether oxygens (including phenoxy) is 2. The van der Waals surface area contributed by atoms with E-state index in [0.717, 1.165) is 5.56 Å². The predicted molar refractivity (Wildman–Crippen MR) is 95.0 cm³/mol. The lowest BCUT2D eigenvalue weighted by Crippen LogP contribution is -2.46. The van der Waals surface area contributed by atoms with Gasteiger partial charge in [0.15, 0.2) is 5.60 Å². The van der Waals surface area contributed by atoms with E-state index in [-0.39, 0.29) is 24.5 Å². The topological polar surface area (TPSA) is 96.0 Å². The highest BCUT2D eigenvalue weighted by Crippen LogP contribution is 2.30. The zero-order chi connectivity index (χ0) is 19.8. The van der Waals surface area contributed by atoms with Crippen LogP contribution in [0, 0.1) is 6.92 Å². The number of benzene rings is 1. The van der Waals surface area contributed by atoms with Gasteiger partial charge in [0.1, 0.15) is 0 Å². The van der Waals surface area contributed by atoms with E-state index >= 15 is 0 Å². The molecule has 1 unspecified atom stereocenters. The third-order valence-corrected chi connectivity index (χ3v) is 5.00. The summed E-state index contributed by atoms with van der Waals surface area (Å²) in [7, 11) is -4.29. The molecule has 0 fully saturated rings. The first-order valence-corrected chi connectivity index (χ1v) is 9.96. The molecule has 0 amide bonds. The maximum absolute atomic E-state index is 12.7. The molecule has 0 heterocycles. The Morgan fingerprint density at radius 2 is 1.58 bits per heavy atom. The molecule has 0 aromatic heterocycles. The van der Waals surface area contributed by atoms with Gasteiger partial charge in [-0.3, -0.25) is 4.79 Å². The fourth-order valence-electron chi connectivity index (χ4n) is 2.44. The van der Waals surface area contributed by atoms with Crippen LogP contribution in [0.2, 0.25) is 0 Å². The molecule has 0 bridgehead atoms. The van der Waals surface area contributed by atoms with Gasteiger partial charge in [-0.05, 0) is 39.3 Å². The highest BCUT2D eigenvalue weighted by atomic mass is 32.2. The van der Waals surface area contributed by atoms with Crippen molar-refractivity contribution >= 4 is 22.1 Å². The van der Waals surface area contributed by atoms with E-state index in [2.05, 4.69) is 0 Å². The summed E-state index contributed by atoms with van der Waals surface area (Å²) < 4.78 is 40.6. The molecule has 8 heteroatoms. The standard InChI is InChI=1S/C18H26O7S/c1-5-12-18(17(20)24-7-3,13-16(19)23-6-2)25-26(21,22)15-10-8-14(4)9-11-15/h8-11H,5-7,12-13H2,1-4H3. The number of carbonyl (C=O) groups excluding carboxylic acids is 2. The first-order chi connectivity index (χ1) is 12.2. The van der Waals surface area contributed by atoms with Crippen molar-refractivity contribution < 1.29 is 31.7 Å². The summed E-state index contributed by atoms with van der Waals surface area (Å²) in [5.41, 5.74) is -1.08. The van der Waals surface area contributed by atoms with Crippen LogP contribution in [0.1, 0.15) is 45.6 Å². The molecule has 0 aliphatic carbocycles. The summed E-state index contributed by atoms with van der Waals surface area (Å²) in [5.74, 6) is -1.63. The molecule has 1 atom stereocenters. The van der Waals surface area contributed by atoms with Gasteiger partial charge >= 0.3 is 11.9 Å². The Bertz CT molecular complexity index is 710. The maximum Gasteiger partial charge on any atom is 0.340 e. The zero-order valence-corrected chi connectivity index (χ0v) is 16.4. The third kappa shape index (κ3) is 5.81. The third-order valence-electron chi connectivity index (χ3n) is 3.62. The van der Waals surface area contributed by atoms with Gasteiger partial charge in [-0.2, -0.15) is 8.42 Å². The van der Waals surface area contributed by atoms with E-state index in [1.807, 2.05) is 6.92 Å². The van der Waals surface area contributed by atoms with E-state index < -0.39 is 34.1 Å². The van der Waals surface area contributed by atoms with Crippen LogP contribution in [0.5, 0.6) is 0 Å². The SMILES string of the molecule is CCCC(CC(=O)OCC)(OS(=O)(=O)c1ccc(C)cc1)C(=O)OCC. The number of esters is 2. The molecule has 146 valence electrons. The summed E-state index contributed by atoms with van der Waals surface area (Å²) in [6, 6.07) is 6.01. The zero-order valence-electron chi connectivity index (χ0n) is 15.6. The Labute approximate surface area is 154 Å². The molecule has 0 N–H and O–H groups in total. The summed E-state index contributed by atoms with van der Waals surface area (Å²) in [6.45, 7) is 6.91. The molecule has 1 aromatic carbocycles. The van der Waals surface area contributed by atoms with Crippen molar-refractivity contribution in [2.24, 2.45) is 0 Å². The van der Waals surface area contributed by atoms with E-state index in [1.54, 1.807) is 32.9 Å². The first-order valence-electron chi connectivity index (χ1n) is 8.56. The van der Waals surface area contributed by atoms with Crippen LogP contribution < -0.4 is 0 Å². The lowest BCUT2D eigenvalue weighted by molar-refractivity contribution is -0.169. The molecule has 0 saturated carbocycles. The van der Waals surface area contributed by atoms with Gasteiger partial charge in [-0.25, -0.2) is 8.98 Å². The van der Waals surface area contributed by atoms with E-state index in [4.69, 9.17) is 13.7 Å². The summed E-state index contributed by atoms with van der Waals surface area (Å²) in [5, 5.41) is 0. The minimum Gasteiger partial charge on any atom is -0.466 e. The highest BCUT2D eigenvalue weighted by molar-refractivity contribution is 7.86. The molecule has 0 radical (unpaired) electrons. The minimum atomic E-state index is -4.29. The first kappa shape index (κ1) is 22.1. The Morgan fingerprint density at radius 1 is 1.00 bits per heavy atom. The average molecular weight is 386 g/mol. The molecule has 26 heavy (non-hydrogen) atoms. The Balaban J connectivity index is 3.30. The molecular weight excluding hydrogens is 360 g/mol. The molecule has 0 spiro atoms. The summed E-state index contributed by atoms with van der Waals surface area (Å²) in [4.78, 5) is 24.4. The molecule has 0 aliphatic rings. The lowest BCUT2D eigenvalue weighted by atomic mass is 9.94. The van der Waals surface area contributed by atoms with Crippen LogP contribution >= 0.6 is 0 Å². The van der Waals surface area contributed by atoms with Gasteiger partial charge < -0.3 is 9.47 Å². The van der Waals surface area contributed by atoms with Crippen LogP contribution in [-0.4, -0.2) is 39.2 Å². The summed E-state index contributed by atoms with van der Waals surface area (Å²) in [6.07, 6.45) is -0.143. The van der Waals surface area contributed by atoms with Gasteiger partial charge in [0.25, 0.3) is 10.1 Å². The molecule has 0 aliphatic heterocycles. The predicted octanol–water partition coefficient (Wildman–Crippen LogP) is 2.76.